The molecular weight excluding hydrogens is 236 g/mol. The average molecular weight is 252 g/mol. The van der Waals surface area contributed by atoms with Gasteiger partial charge in [0.05, 0.1) is 16.2 Å². The number of pyridine rings is 1. The number of rotatable bonds is 3. The van der Waals surface area contributed by atoms with Gasteiger partial charge in [-0.3, -0.25) is 4.98 Å². The fraction of sp³-hybridized carbons (Fsp3) is 0.500. The van der Waals surface area contributed by atoms with Gasteiger partial charge in [-0.2, -0.15) is 5.26 Å². The molecule has 0 spiro atoms. The van der Waals surface area contributed by atoms with E-state index in [1.54, 1.807) is 0 Å². The first-order valence-corrected chi connectivity index (χ1v) is 7.22. The van der Waals surface area contributed by atoms with Gasteiger partial charge in [0.15, 0.2) is 9.84 Å². The van der Waals surface area contributed by atoms with Crippen molar-refractivity contribution >= 4 is 9.84 Å². The van der Waals surface area contributed by atoms with Crippen molar-refractivity contribution in [2.24, 2.45) is 0 Å². The summed E-state index contributed by atoms with van der Waals surface area (Å²) in [5, 5.41) is 9.08. The van der Waals surface area contributed by atoms with Gasteiger partial charge in [-0.15, -0.1) is 0 Å². The quantitative estimate of drug-likeness (QED) is 0.825. The van der Waals surface area contributed by atoms with Gasteiger partial charge in [-0.1, -0.05) is 20.8 Å². The molecule has 17 heavy (non-hydrogen) atoms. The lowest BCUT2D eigenvalue weighted by molar-refractivity contribution is 0.488. The molecule has 1 rings (SSSR count). The van der Waals surface area contributed by atoms with E-state index in [1.807, 2.05) is 26.8 Å². The lowest BCUT2D eigenvalue weighted by Crippen LogP contribution is -2.19. The topological polar surface area (TPSA) is 70.8 Å². The number of hydrogen-bond donors (Lipinski definition) is 0. The zero-order valence-electron chi connectivity index (χ0n) is 10.5. The molecule has 1 aromatic heterocycles. The van der Waals surface area contributed by atoms with E-state index in [0.29, 0.717) is 11.3 Å². The molecule has 0 radical (unpaired) electrons. The molecule has 0 amide bonds. The number of sulfone groups is 1. The minimum Gasteiger partial charge on any atom is -0.258 e. The van der Waals surface area contributed by atoms with Crippen LogP contribution in [0.2, 0.25) is 0 Å². The first-order chi connectivity index (χ1) is 7.72. The summed E-state index contributed by atoms with van der Waals surface area (Å²) in [6.45, 7) is 5.97. The normalized spacial score (nSPS) is 12.2. The molecule has 0 atom stereocenters. The summed E-state index contributed by atoms with van der Waals surface area (Å²) in [5.74, 6) is 0. The number of hydrogen-bond acceptors (Lipinski definition) is 4. The molecule has 0 saturated heterocycles. The summed E-state index contributed by atoms with van der Waals surface area (Å²) in [5.41, 5.74) is 0.746. The average Bonchev–Trinajstić information content (AvgIpc) is 2.27. The lowest BCUT2D eigenvalue weighted by atomic mass is 9.84. The zero-order chi connectivity index (χ0) is 13.3. The third-order valence-corrected chi connectivity index (χ3v) is 4.02. The summed E-state index contributed by atoms with van der Waals surface area (Å²) in [4.78, 5) is 4.24. The van der Waals surface area contributed by atoms with Gasteiger partial charge in [0.1, 0.15) is 6.07 Å². The van der Waals surface area contributed by atoms with Crippen molar-refractivity contribution < 1.29 is 8.42 Å². The molecule has 4 nitrogen and oxygen atoms in total. The van der Waals surface area contributed by atoms with Crippen LogP contribution in [0.4, 0.5) is 0 Å². The van der Waals surface area contributed by atoms with Crippen LogP contribution in [0, 0.1) is 11.3 Å². The summed E-state index contributed by atoms with van der Waals surface area (Å²) >= 11 is 0. The van der Waals surface area contributed by atoms with Gasteiger partial charge in [0, 0.05) is 17.9 Å². The maximum absolute atomic E-state index is 11.4. The van der Waals surface area contributed by atoms with Gasteiger partial charge in [0.2, 0.25) is 0 Å². The standard InChI is InChI=1S/C12H16N2O2S/c1-5-12(2,3)11-9(7-13)6-10(8-14-11)17(4,15)16/h6,8H,5H2,1-4H3. The van der Waals surface area contributed by atoms with Gasteiger partial charge < -0.3 is 0 Å². The summed E-state index contributed by atoms with van der Waals surface area (Å²) in [6, 6.07) is 3.42. The number of nitrogens with zero attached hydrogens (tertiary/aromatic N) is 2. The van der Waals surface area contributed by atoms with Gasteiger partial charge >= 0.3 is 0 Å². The van der Waals surface area contributed by atoms with Gasteiger partial charge in [-0.25, -0.2) is 8.42 Å². The van der Waals surface area contributed by atoms with E-state index in [1.165, 1.54) is 12.3 Å². The first kappa shape index (κ1) is 13.7. The molecule has 0 aliphatic rings. The minimum absolute atomic E-state index is 0.0877. The molecule has 1 heterocycles. The molecule has 0 N–H and O–H groups in total. The van der Waals surface area contributed by atoms with Crippen molar-refractivity contribution in [3.8, 4) is 6.07 Å². The summed E-state index contributed by atoms with van der Waals surface area (Å²) in [7, 11) is -3.32. The third kappa shape index (κ3) is 2.83. The largest absolute Gasteiger partial charge is 0.258 e. The zero-order valence-corrected chi connectivity index (χ0v) is 11.3. The Morgan fingerprint density at radius 1 is 1.47 bits per heavy atom. The molecule has 1 aromatic rings. The molecule has 92 valence electrons. The van der Waals surface area contributed by atoms with Crippen LogP contribution >= 0.6 is 0 Å². The second-order valence-electron chi connectivity index (χ2n) is 4.69. The molecule has 5 heteroatoms. The highest BCUT2D eigenvalue weighted by Crippen LogP contribution is 2.28. The van der Waals surface area contributed by atoms with Crippen LogP contribution in [0.3, 0.4) is 0 Å². The second-order valence-corrected chi connectivity index (χ2v) is 6.70. The Hall–Kier alpha value is -1.41. The smallest absolute Gasteiger partial charge is 0.177 e. The van der Waals surface area contributed by atoms with Gasteiger partial charge in [-0.05, 0) is 12.5 Å². The second kappa shape index (κ2) is 4.46. The first-order valence-electron chi connectivity index (χ1n) is 5.33. The van der Waals surface area contributed by atoms with E-state index in [-0.39, 0.29) is 10.3 Å². The fourth-order valence-corrected chi connectivity index (χ4v) is 2.02. The third-order valence-electron chi connectivity index (χ3n) is 2.94. The van der Waals surface area contributed by atoms with Crippen molar-refractivity contribution in [3.63, 3.8) is 0 Å². The van der Waals surface area contributed by atoms with Crippen molar-refractivity contribution in [2.75, 3.05) is 6.26 Å². The number of nitriles is 1. The van der Waals surface area contributed by atoms with Crippen LogP contribution in [0.1, 0.15) is 38.4 Å². The molecular formula is C12H16N2O2S. The highest BCUT2D eigenvalue weighted by atomic mass is 32.2. The van der Waals surface area contributed by atoms with E-state index in [0.717, 1.165) is 12.7 Å². The highest BCUT2D eigenvalue weighted by molar-refractivity contribution is 7.90. The predicted octanol–water partition coefficient (Wildman–Crippen LogP) is 2.04. The Labute approximate surface area is 102 Å². The predicted molar refractivity (Wildman–Crippen MR) is 65.4 cm³/mol. The maximum atomic E-state index is 11.4. The Morgan fingerprint density at radius 3 is 2.47 bits per heavy atom. The van der Waals surface area contributed by atoms with Crippen LogP contribution in [-0.4, -0.2) is 19.7 Å². The van der Waals surface area contributed by atoms with E-state index >= 15 is 0 Å². The molecule has 0 saturated carbocycles. The fourth-order valence-electron chi connectivity index (χ4n) is 1.44. The molecule has 0 aromatic carbocycles. The van der Waals surface area contributed by atoms with Crippen molar-refractivity contribution in [1.82, 2.24) is 4.98 Å². The summed E-state index contributed by atoms with van der Waals surface area (Å²) in [6.07, 6.45) is 3.26. The van der Waals surface area contributed by atoms with Crippen LogP contribution in [-0.2, 0) is 15.3 Å². The molecule has 0 aliphatic carbocycles. The molecule has 0 aliphatic heterocycles. The maximum Gasteiger partial charge on any atom is 0.177 e. The van der Waals surface area contributed by atoms with Crippen LogP contribution in [0.25, 0.3) is 0 Å². The minimum atomic E-state index is -3.32. The Morgan fingerprint density at radius 2 is 2.06 bits per heavy atom. The highest BCUT2D eigenvalue weighted by Gasteiger charge is 2.24. The molecule has 0 unspecified atom stereocenters. The monoisotopic (exact) mass is 252 g/mol. The Bertz CT molecular complexity index is 569. The van der Waals surface area contributed by atoms with Crippen molar-refractivity contribution in [3.05, 3.63) is 23.5 Å². The van der Waals surface area contributed by atoms with E-state index in [2.05, 4.69) is 4.98 Å². The lowest BCUT2D eigenvalue weighted by Gasteiger charge is -2.23. The van der Waals surface area contributed by atoms with Crippen LogP contribution < -0.4 is 0 Å². The SMILES string of the molecule is CCC(C)(C)c1ncc(S(C)(=O)=O)cc1C#N. The van der Waals surface area contributed by atoms with E-state index in [9.17, 15) is 8.42 Å². The van der Waals surface area contributed by atoms with E-state index < -0.39 is 9.84 Å². The van der Waals surface area contributed by atoms with Crippen molar-refractivity contribution in [1.29, 1.82) is 5.26 Å². The van der Waals surface area contributed by atoms with E-state index in [4.69, 9.17) is 5.26 Å². The Kier molecular flexibility index (Phi) is 3.58. The van der Waals surface area contributed by atoms with Gasteiger partial charge in [0.25, 0.3) is 0 Å². The Balaban J connectivity index is 3.46. The van der Waals surface area contributed by atoms with Crippen LogP contribution in [0.5, 0.6) is 0 Å². The summed E-state index contributed by atoms with van der Waals surface area (Å²) < 4.78 is 22.8. The van der Waals surface area contributed by atoms with Crippen LogP contribution in [0.15, 0.2) is 17.2 Å². The molecule has 0 fully saturated rings. The number of aromatic nitrogens is 1. The van der Waals surface area contributed by atoms with Crippen molar-refractivity contribution in [2.45, 2.75) is 37.5 Å². The molecule has 0 bridgehead atoms.